The topological polar surface area (TPSA) is 53.9 Å². The molecule has 0 spiro atoms. The summed E-state index contributed by atoms with van der Waals surface area (Å²) in [5.41, 5.74) is -0.410. The van der Waals surface area contributed by atoms with Crippen LogP contribution in [0.5, 0.6) is 0 Å². The first kappa shape index (κ1) is 16.2. The summed E-state index contributed by atoms with van der Waals surface area (Å²) in [5, 5.41) is 4.18. The second-order valence-electron chi connectivity index (χ2n) is 6.58. The average molecular weight is 411 g/mol. The van der Waals surface area contributed by atoms with E-state index in [2.05, 4.69) is 31.1 Å². The first-order valence-corrected chi connectivity index (χ1v) is 10.3. The van der Waals surface area contributed by atoms with E-state index >= 15 is 0 Å². The van der Waals surface area contributed by atoms with Crippen LogP contribution in [0.2, 0.25) is 0 Å². The van der Waals surface area contributed by atoms with Crippen molar-refractivity contribution in [2.45, 2.75) is 39.2 Å². The third-order valence-corrected chi connectivity index (χ3v) is 4.58. The number of amides is 1. The number of carbonyl (C=O) groups excluding carboxylic acids is 1. The second-order valence-corrected chi connectivity index (χ2v) is 8.24. The molecule has 114 valence electrons. The van der Waals surface area contributed by atoms with Crippen LogP contribution in [-0.4, -0.2) is 35.9 Å². The third-order valence-electron chi connectivity index (χ3n) is 3.81. The molecule has 20 heavy (non-hydrogen) atoms. The highest BCUT2D eigenvalue weighted by atomic mass is 127. The molecule has 2 rings (SSSR count). The van der Waals surface area contributed by atoms with Gasteiger partial charge in [0.1, 0.15) is 5.60 Å². The Morgan fingerprint density at radius 2 is 2.00 bits per heavy atom. The Hall–Kier alpha value is -0.180. The normalized spacial score (nSPS) is 29.8. The highest BCUT2D eigenvalue weighted by Crippen LogP contribution is 2.41. The fourth-order valence-electron chi connectivity index (χ4n) is 3.10. The molecule has 2 unspecified atom stereocenters. The quantitative estimate of drug-likeness (QED) is 0.335. The molecule has 1 aliphatic heterocycles. The van der Waals surface area contributed by atoms with Crippen LogP contribution in [0.25, 0.3) is 0 Å². The maximum Gasteiger partial charge on any atom is 0.410 e. The lowest BCUT2D eigenvalue weighted by molar-refractivity contribution is 0.0279. The van der Waals surface area contributed by atoms with Gasteiger partial charge in [0.15, 0.2) is 0 Å². The second kappa shape index (κ2) is 6.72. The van der Waals surface area contributed by atoms with Gasteiger partial charge in [-0.25, -0.2) is 9.63 Å². The molecule has 0 aromatic rings. The molecule has 0 bridgehead atoms. The van der Waals surface area contributed by atoms with E-state index in [-0.39, 0.29) is 6.09 Å². The molecule has 1 amide bonds. The number of nitrogens with zero attached hydrogens (tertiary/aromatic N) is 2. The Morgan fingerprint density at radius 3 is 2.50 bits per heavy atom. The monoisotopic (exact) mass is 411 g/mol. The van der Waals surface area contributed by atoms with Crippen LogP contribution in [0.15, 0.2) is 5.10 Å². The Balaban J connectivity index is 1.80. The van der Waals surface area contributed by atoms with Gasteiger partial charge < -0.3 is 9.64 Å². The Morgan fingerprint density at radius 1 is 1.40 bits per heavy atom. The number of hydrogen-bond acceptors (Lipinski definition) is 5. The first-order valence-electron chi connectivity index (χ1n) is 6.92. The minimum Gasteiger partial charge on any atom is -0.444 e. The molecule has 1 heterocycles. The van der Waals surface area contributed by atoms with Gasteiger partial charge in [-0.15, -0.1) is 0 Å². The summed E-state index contributed by atoms with van der Waals surface area (Å²) in [6.45, 7) is 7.39. The van der Waals surface area contributed by atoms with E-state index in [1.54, 1.807) is 0 Å². The van der Waals surface area contributed by atoms with E-state index in [0.717, 1.165) is 25.9 Å². The van der Waals surface area contributed by atoms with Gasteiger partial charge in [0.25, 0.3) is 0 Å². The Labute approximate surface area is 137 Å². The zero-order chi connectivity index (χ0) is 14.8. The molecule has 5 nitrogen and oxygen atoms in total. The van der Waals surface area contributed by atoms with Crippen molar-refractivity contribution in [2.24, 2.45) is 22.9 Å². The molecule has 2 aliphatic rings. The van der Waals surface area contributed by atoms with E-state index < -0.39 is 5.60 Å². The number of halogens is 1. The Bertz CT molecular complexity index is 372. The van der Waals surface area contributed by atoms with Gasteiger partial charge in [-0.05, 0) is 51.4 Å². The van der Waals surface area contributed by atoms with Gasteiger partial charge in [-0.1, -0.05) is 0 Å². The van der Waals surface area contributed by atoms with Gasteiger partial charge in [-0.2, -0.15) is 5.10 Å². The molecule has 1 N–H and O–H groups in total. The lowest BCUT2D eigenvalue weighted by atomic mass is 10.0. The van der Waals surface area contributed by atoms with Crippen molar-refractivity contribution in [1.29, 1.82) is 0 Å². The fraction of sp³-hybridized carbons (Fsp3) is 0.846. The number of carbonyl (C=O) groups is 1. The Kier molecular flexibility index (Phi) is 5.44. The number of rotatable bonds is 3. The van der Waals surface area contributed by atoms with Crippen LogP contribution < -0.4 is 4.83 Å². The van der Waals surface area contributed by atoms with Gasteiger partial charge in [0.2, 0.25) is 0 Å². The predicted molar refractivity (Wildman–Crippen MR) is 90.7 cm³/mol. The van der Waals surface area contributed by atoms with Crippen LogP contribution >= 0.6 is 30.3 Å². The van der Waals surface area contributed by atoms with Crippen LogP contribution in [0.1, 0.15) is 33.6 Å². The zero-order valence-electron chi connectivity index (χ0n) is 12.1. The molecule has 0 aromatic carbocycles. The molecule has 0 aromatic heterocycles. The molecule has 2 atom stereocenters. The number of likely N-dealkylation sites (tertiary alicyclic amines) is 1. The number of hydrogen-bond donors (Lipinski definition) is 1. The fourth-order valence-corrected chi connectivity index (χ4v) is 3.54. The van der Waals surface area contributed by atoms with Crippen LogP contribution in [0, 0.1) is 17.8 Å². The summed E-state index contributed by atoms with van der Waals surface area (Å²) in [6, 6.07) is 0. The third kappa shape index (κ3) is 4.41. The summed E-state index contributed by atoms with van der Waals surface area (Å²) in [4.78, 5) is 16.8. The maximum atomic E-state index is 12.0. The van der Waals surface area contributed by atoms with Crippen LogP contribution in [0.3, 0.4) is 0 Å². The van der Waals surface area contributed by atoms with Crippen LogP contribution in [-0.2, 0) is 4.74 Å². The van der Waals surface area contributed by atoms with Crippen molar-refractivity contribution in [1.82, 2.24) is 9.73 Å². The number of ether oxygens (including phenoxy) is 1. The van der Waals surface area contributed by atoms with Gasteiger partial charge in [0, 0.05) is 49.6 Å². The smallest absolute Gasteiger partial charge is 0.410 e. The summed E-state index contributed by atoms with van der Waals surface area (Å²) in [6.07, 6.45) is 4.10. The number of fused-ring (bicyclic) bond motifs is 1. The van der Waals surface area contributed by atoms with E-state index in [9.17, 15) is 4.79 Å². The highest BCUT2D eigenvalue weighted by molar-refractivity contribution is 14.2. The van der Waals surface area contributed by atoms with Crippen molar-refractivity contribution in [3.8, 4) is 0 Å². The largest absolute Gasteiger partial charge is 0.444 e. The van der Waals surface area contributed by atoms with E-state index in [0.29, 0.717) is 17.8 Å². The van der Waals surface area contributed by atoms with Gasteiger partial charge in [-0.3, -0.25) is 0 Å². The molecule has 0 radical (unpaired) electrons. The lowest BCUT2D eigenvalue weighted by Gasteiger charge is -2.25. The average Bonchev–Trinajstić information content (AvgIpc) is 2.84. The minimum atomic E-state index is -0.410. The van der Waals surface area contributed by atoms with Crippen molar-refractivity contribution in [3.63, 3.8) is 0 Å². The lowest BCUT2D eigenvalue weighted by Crippen LogP contribution is -2.36. The summed E-state index contributed by atoms with van der Waals surface area (Å²) in [7, 11) is 1.47. The summed E-state index contributed by atoms with van der Waals surface area (Å²) in [5.74, 6) is 1.75. The molecule has 1 saturated carbocycles. The van der Waals surface area contributed by atoms with Crippen LogP contribution in [0.4, 0.5) is 4.79 Å². The summed E-state index contributed by atoms with van der Waals surface area (Å²) >= 11 is 2.15. The van der Waals surface area contributed by atoms with Crippen molar-refractivity contribution in [2.75, 3.05) is 13.1 Å². The van der Waals surface area contributed by atoms with Crippen molar-refractivity contribution in [3.05, 3.63) is 0 Å². The molecule has 1 aliphatic carbocycles. The van der Waals surface area contributed by atoms with Crippen molar-refractivity contribution >= 4 is 42.6 Å². The van der Waals surface area contributed by atoms with E-state index in [1.165, 1.54) is 9.12 Å². The highest BCUT2D eigenvalue weighted by Gasteiger charge is 2.42. The number of hydrazone groups is 1. The molecular weight excluding hydrogens is 389 g/mol. The summed E-state index contributed by atoms with van der Waals surface area (Å²) < 4.78 is 5.44. The molecule has 7 heteroatoms. The molecular formula is C13H22IN3O2S. The zero-order valence-corrected chi connectivity index (χ0v) is 15.1. The van der Waals surface area contributed by atoms with Gasteiger partial charge >= 0.3 is 6.09 Å². The number of nitrogens with one attached hydrogen (secondary N) is 1. The minimum absolute atomic E-state index is 0.167. The SMILES string of the molecule is CC(C)(C)OC(=O)N1CC2CC(/C=N/NSI)CC2C1. The van der Waals surface area contributed by atoms with Crippen molar-refractivity contribution < 1.29 is 9.53 Å². The van der Waals surface area contributed by atoms with E-state index in [1.807, 2.05) is 31.9 Å². The van der Waals surface area contributed by atoms with Gasteiger partial charge in [0.05, 0.1) is 0 Å². The van der Waals surface area contributed by atoms with E-state index in [4.69, 9.17) is 4.74 Å². The first-order chi connectivity index (χ1) is 9.39. The molecule has 1 saturated heterocycles. The standard InChI is InChI=1S/C13H22IN3O2S/c1-13(2,3)19-12(18)17-7-10-4-9(5-11(10)8-17)6-15-16-20-14/h6,9-11,16H,4-5,7-8H2,1-3H3/b15-6+. The molecule has 2 fully saturated rings. The predicted octanol–water partition coefficient (Wildman–Crippen LogP) is 3.45. The maximum absolute atomic E-state index is 12.0.